The summed E-state index contributed by atoms with van der Waals surface area (Å²) in [6.07, 6.45) is 1.87. The van der Waals surface area contributed by atoms with Gasteiger partial charge in [-0.2, -0.15) is 0 Å². The summed E-state index contributed by atoms with van der Waals surface area (Å²) in [7, 11) is 0. The van der Waals surface area contributed by atoms with Crippen LogP contribution in [0.3, 0.4) is 0 Å². The second kappa shape index (κ2) is 8.28. The lowest BCUT2D eigenvalue weighted by Gasteiger charge is -2.32. The fraction of sp³-hybridized carbons (Fsp3) is 0.688. The fourth-order valence-electron chi connectivity index (χ4n) is 2.20. The predicted molar refractivity (Wildman–Crippen MR) is 82.1 cm³/mol. The molecule has 2 atom stereocenters. The molecule has 0 radical (unpaired) electrons. The molecule has 1 heterocycles. The highest BCUT2D eigenvalue weighted by Gasteiger charge is 2.19. The normalized spacial score (nSPS) is 14.9. The summed E-state index contributed by atoms with van der Waals surface area (Å²) >= 11 is 0. The molecule has 1 aromatic rings. The largest absolute Gasteiger partial charge is 0.314 e. The minimum atomic E-state index is 0.554. The van der Waals surface area contributed by atoms with Gasteiger partial charge in [0.25, 0.3) is 0 Å². The van der Waals surface area contributed by atoms with Gasteiger partial charge in [-0.1, -0.05) is 33.8 Å². The Morgan fingerprint density at radius 3 is 2.47 bits per heavy atom. The lowest BCUT2D eigenvalue weighted by atomic mass is 10.0. The molecule has 0 saturated carbocycles. The SMILES string of the molecule is CCN(Cc1ccccn1)C(C)C(C)CNC(C)C. The topological polar surface area (TPSA) is 28.2 Å². The molecular formula is C16H29N3. The van der Waals surface area contributed by atoms with Crippen LogP contribution in [-0.2, 0) is 6.54 Å². The molecular weight excluding hydrogens is 234 g/mol. The molecule has 0 aliphatic carbocycles. The summed E-state index contributed by atoms with van der Waals surface area (Å²) in [6.45, 7) is 14.3. The summed E-state index contributed by atoms with van der Waals surface area (Å²) in [5.74, 6) is 0.631. The number of hydrogen-bond donors (Lipinski definition) is 1. The minimum absolute atomic E-state index is 0.554. The van der Waals surface area contributed by atoms with Gasteiger partial charge < -0.3 is 5.32 Å². The summed E-state index contributed by atoms with van der Waals surface area (Å²) < 4.78 is 0. The Morgan fingerprint density at radius 1 is 1.21 bits per heavy atom. The maximum absolute atomic E-state index is 4.43. The van der Waals surface area contributed by atoms with Crippen molar-refractivity contribution >= 4 is 0 Å². The Hall–Kier alpha value is -0.930. The van der Waals surface area contributed by atoms with Crippen molar-refractivity contribution in [3.63, 3.8) is 0 Å². The quantitative estimate of drug-likeness (QED) is 0.781. The molecule has 1 aromatic heterocycles. The second-order valence-electron chi connectivity index (χ2n) is 5.67. The average Bonchev–Trinajstić information content (AvgIpc) is 2.42. The number of rotatable bonds is 8. The highest BCUT2D eigenvalue weighted by atomic mass is 15.2. The van der Waals surface area contributed by atoms with E-state index in [-0.39, 0.29) is 0 Å². The summed E-state index contributed by atoms with van der Waals surface area (Å²) in [6, 6.07) is 7.24. The molecule has 0 aliphatic rings. The lowest BCUT2D eigenvalue weighted by molar-refractivity contribution is 0.156. The number of hydrogen-bond acceptors (Lipinski definition) is 3. The van der Waals surface area contributed by atoms with Crippen molar-refractivity contribution in [1.29, 1.82) is 0 Å². The van der Waals surface area contributed by atoms with Crippen LogP contribution in [0.2, 0.25) is 0 Å². The third-order valence-corrected chi connectivity index (χ3v) is 3.74. The Labute approximate surface area is 118 Å². The monoisotopic (exact) mass is 263 g/mol. The van der Waals surface area contributed by atoms with E-state index in [1.165, 1.54) is 0 Å². The third-order valence-electron chi connectivity index (χ3n) is 3.74. The zero-order valence-electron chi connectivity index (χ0n) is 13.1. The van der Waals surface area contributed by atoms with Crippen LogP contribution < -0.4 is 5.32 Å². The van der Waals surface area contributed by atoms with Gasteiger partial charge in [0, 0.05) is 24.8 Å². The van der Waals surface area contributed by atoms with E-state index in [0.717, 1.165) is 25.3 Å². The summed E-state index contributed by atoms with van der Waals surface area (Å²) in [4.78, 5) is 6.92. The number of nitrogens with zero attached hydrogens (tertiary/aromatic N) is 2. The molecule has 0 aliphatic heterocycles. The maximum Gasteiger partial charge on any atom is 0.0544 e. The van der Waals surface area contributed by atoms with Crippen molar-refractivity contribution < 1.29 is 0 Å². The number of nitrogens with one attached hydrogen (secondary N) is 1. The Bertz CT molecular complexity index is 337. The van der Waals surface area contributed by atoms with E-state index in [4.69, 9.17) is 0 Å². The van der Waals surface area contributed by atoms with Crippen molar-refractivity contribution in [2.24, 2.45) is 5.92 Å². The standard InChI is InChI=1S/C16H29N3/c1-6-19(12-16-9-7-8-10-17-16)15(5)14(4)11-18-13(2)3/h7-10,13-15,18H,6,11-12H2,1-5H3. The molecule has 0 fully saturated rings. The maximum atomic E-state index is 4.43. The Morgan fingerprint density at radius 2 is 1.95 bits per heavy atom. The van der Waals surface area contributed by atoms with E-state index in [9.17, 15) is 0 Å². The van der Waals surface area contributed by atoms with Gasteiger partial charge in [-0.3, -0.25) is 9.88 Å². The van der Waals surface area contributed by atoms with Crippen LogP contribution in [0.4, 0.5) is 0 Å². The van der Waals surface area contributed by atoms with Crippen molar-refractivity contribution in [2.75, 3.05) is 13.1 Å². The molecule has 0 aromatic carbocycles. The second-order valence-corrected chi connectivity index (χ2v) is 5.67. The van der Waals surface area contributed by atoms with Crippen LogP contribution in [0.25, 0.3) is 0 Å². The molecule has 108 valence electrons. The van der Waals surface area contributed by atoms with Crippen LogP contribution in [-0.4, -0.2) is 35.1 Å². The lowest BCUT2D eigenvalue weighted by Crippen LogP contribution is -2.42. The number of pyridine rings is 1. The van der Waals surface area contributed by atoms with Crippen molar-refractivity contribution in [3.05, 3.63) is 30.1 Å². The van der Waals surface area contributed by atoms with E-state index in [0.29, 0.717) is 18.0 Å². The van der Waals surface area contributed by atoms with Crippen LogP contribution in [0, 0.1) is 5.92 Å². The zero-order chi connectivity index (χ0) is 14.3. The molecule has 0 saturated heterocycles. The van der Waals surface area contributed by atoms with Gasteiger partial charge in [-0.15, -0.1) is 0 Å². The van der Waals surface area contributed by atoms with E-state index in [1.54, 1.807) is 0 Å². The smallest absolute Gasteiger partial charge is 0.0544 e. The highest BCUT2D eigenvalue weighted by Crippen LogP contribution is 2.13. The van der Waals surface area contributed by atoms with Crippen molar-refractivity contribution in [2.45, 2.75) is 53.2 Å². The summed E-state index contributed by atoms with van der Waals surface area (Å²) in [5.41, 5.74) is 1.15. The third kappa shape index (κ3) is 5.70. The van der Waals surface area contributed by atoms with Crippen LogP contribution >= 0.6 is 0 Å². The van der Waals surface area contributed by atoms with E-state index in [1.807, 2.05) is 12.3 Å². The first-order valence-corrected chi connectivity index (χ1v) is 7.42. The predicted octanol–water partition coefficient (Wildman–Crippen LogP) is 2.93. The molecule has 3 nitrogen and oxygen atoms in total. The van der Waals surface area contributed by atoms with Gasteiger partial charge in [-0.25, -0.2) is 0 Å². The molecule has 3 heteroatoms. The first-order valence-electron chi connectivity index (χ1n) is 7.42. The van der Waals surface area contributed by atoms with E-state index < -0.39 is 0 Å². The van der Waals surface area contributed by atoms with Gasteiger partial charge in [-0.05, 0) is 38.1 Å². The molecule has 2 unspecified atom stereocenters. The van der Waals surface area contributed by atoms with Gasteiger partial charge >= 0.3 is 0 Å². The van der Waals surface area contributed by atoms with E-state index in [2.05, 4.69) is 62.0 Å². The summed E-state index contributed by atoms with van der Waals surface area (Å²) in [5, 5.41) is 3.53. The van der Waals surface area contributed by atoms with E-state index >= 15 is 0 Å². The van der Waals surface area contributed by atoms with Crippen LogP contribution in [0.5, 0.6) is 0 Å². The minimum Gasteiger partial charge on any atom is -0.314 e. The molecule has 0 spiro atoms. The van der Waals surface area contributed by atoms with Gasteiger partial charge in [0.2, 0.25) is 0 Å². The first kappa shape index (κ1) is 16.1. The Kier molecular flexibility index (Phi) is 7.03. The van der Waals surface area contributed by atoms with Gasteiger partial charge in [0.1, 0.15) is 0 Å². The van der Waals surface area contributed by atoms with Crippen LogP contribution in [0.15, 0.2) is 24.4 Å². The van der Waals surface area contributed by atoms with Crippen LogP contribution in [0.1, 0.15) is 40.3 Å². The highest BCUT2D eigenvalue weighted by molar-refractivity contribution is 5.03. The fourth-order valence-corrected chi connectivity index (χ4v) is 2.20. The molecule has 1 N–H and O–H groups in total. The average molecular weight is 263 g/mol. The molecule has 19 heavy (non-hydrogen) atoms. The van der Waals surface area contributed by atoms with Crippen molar-refractivity contribution in [3.8, 4) is 0 Å². The molecule has 1 rings (SSSR count). The number of aromatic nitrogens is 1. The van der Waals surface area contributed by atoms with Crippen molar-refractivity contribution in [1.82, 2.24) is 15.2 Å². The Balaban J connectivity index is 2.53. The zero-order valence-corrected chi connectivity index (χ0v) is 13.1. The molecule has 0 bridgehead atoms. The molecule has 0 amide bonds. The van der Waals surface area contributed by atoms with Gasteiger partial charge in [0.15, 0.2) is 0 Å². The first-order chi connectivity index (χ1) is 9.04. The van der Waals surface area contributed by atoms with Gasteiger partial charge in [0.05, 0.1) is 5.69 Å².